The molecule has 3 nitrogen and oxygen atoms in total. The third-order valence-corrected chi connectivity index (χ3v) is 2.05. The number of halogens is 2. The Kier molecular flexibility index (Phi) is 4.12. The number of carbonyl (C=O) groups is 1. The molecule has 1 aromatic carbocycles. The number of carbonyl (C=O) groups excluding carboxylic acids is 1. The lowest BCUT2D eigenvalue weighted by molar-refractivity contribution is 0.0600. The summed E-state index contributed by atoms with van der Waals surface area (Å²) in [4.78, 5) is 11.2. The number of hydrogen-bond acceptors (Lipinski definition) is 3. The van der Waals surface area contributed by atoms with Crippen LogP contribution in [-0.4, -0.2) is 19.2 Å². The molecule has 0 bridgehead atoms. The van der Waals surface area contributed by atoms with E-state index < -0.39 is 11.8 Å². The van der Waals surface area contributed by atoms with Crippen LogP contribution in [0.5, 0.6) is 5.75 Å². The quantitative estimate of drug-likeness (QED) is 0.769. The molecule has 0 N–H and O–H groups in total. The Balaban J connectivity index is 3.12. The molecule has 1 aromatic rings. The van der Waals surface area contributed by atoms with Crippen molar-refractivity contribution in [2.24, 2.45) is 0 Å². The maximum absolute atomic E-state index is 13.6. The maximum Gasteiger partial charge on any atom is 0.338 e. The minimum Gasteiger partial charge on any atom is -0.486 e. The van der Waals surface area contributed by atoms with E-state index >= 15 is 0 Å². The highest BCUT2D eigenvalue weighted by atomic mass is 35.5. The van der Waals surface area contributed by atoms with E-state index in [2.05, 4.69) is 4.74 Å². The molecule has 0 aliphatic rings. The van der Waals surface area contributed by atoms with E-state index in [1.807, 2.05) is 0 Å². The van der Waals surface area contributed by atoms with Crippen LogP contribution in [0.25, 0.3) is 0 Å². The van der Waals surface area contributed by atoms with Crippen LogP contribution in [0, 0.1) is 5.82 Å². The number of rotatable bonds is 3. The molecule has 0 fully saturated rings. The van der Waals surface area contributed by atoms with Gasteiger partial charge in [-0.1, -0.05) is 11.6 Å². The lowest BCUT2D eigenvalue weighted by Crippen LogP contribution is -2.09. The molecule has 0 spiro atoms. The first kappa shape index (κ1) is 12.8. The Labute approximate surface area is 98.1 Å². The first-order valence-electron chi connectivity index (χ1n) is 4.69. The fraction of sp³-hybridized carbons (Fsp3) is 0.364. The Morgan fingerprint density at radius 3 is 2.50 bits per heavy atom. The number of hydrogen-bond donors (Lipinski definition) is 0. The summed E-state index contributed by atoms with van der Waals surface area (Å²) >= 11 is 5.81. The summed E-state index contributed by atoms with van der Waals surface area (Å²) in [5.74, 6) is -1.37. The van der Waals surface area contributed by atoms with Crippen molar-refractivity contribution in [3.8, 4) is 5.75 Å². The van der Waals surface area contributed by atoms with Gasteiger partial charge in [-0.25, -0.2) is 9.18 Å². The normalized spacial score (nSPS) is 10.4. The second-order valence-electron chi connectivity index (χ2n) is 3.43. The van der Waals surface area contributed by atoms with Gasteiger partial charge in [-0.15, -0.1) is 0 Å². The highest BCUT2D eigenvalue weighted by molar-refractivity contribution is 6.32. The predicted molar refractivity (Wildman–Crippen MR) is 58.5 cm³/mol. The van der Waals surface area contributed by atoms with Crippen molar-refractivity contribution in [2.75, 3.05) is 7.11 Å². The Hall–Kier alpha value is -1.29. The van der Waals surface area contributed by atoms with Crippen molar-refractivity contribution in [3.05, 3.63) is 28.5 Å². The molecule has 16 heavy (non-hydrogen) atoms. The Bertz CT molecular complexity index is 381. The number of ether oxygens (including phenoxy) is 2. The van der Waals surface area contributed by atoms with Crippen LogP contribution < -0.4 is 4.74 Å². The van der Waals surface area contributed by atoms with Crippen molar-refractivity contribution < 1.29 is 18.7 Å². The molecule has 5 heteroatoms. The highest BCUT2D eigenvalue weighted by Gasteiger charge is 2.16. The van der Waals surface area contributed by atoms with Gasteiger partial charge < -0.3 is 9.47 Å². The molecule has 0 aliphatic heterocycles. The molecule has 0 unspecified atom stereocenters. The summed E-state index contributed by atoms with van der Waals surface area (Å²) in [5, 5.41) is 0.0501. The van der Waals surface area contributed by atoms with E-state index in [1.54, 1.807) is 13.8 Å². The lowest BCUT2D eigenvalue weighted by atomic mass is 10.2. The topological polar surface area (TPSA) is 35.5 Å². The van der Waals surface area contributed by atoms with Gasteiger partial charge >= 0.3 is 5.97 Å². The SMILES string of the molecule is COC(=O)c1cc(F)c(OC(C)C)c(Cl)c1. The van der Waals surface area contributed by atoms with Crippen LogP contribution in [0.15, 0.2) is 12.1 Å². The lowest BCUT2D eigenvalue weighted by Gasteiger charge is -2.12. The molecule has 0 saturated carbocycles. The van der Waals surface area contributed by atoms with E-state index in [1.165, 1.54) is 13.2 Å². The first-order valence-corrected chi connectivity index (χ1v) is 5.07. The van der Waals surface area contributed by atoms with Gasteiger partial charge in [-0.2, -0.15) is 0 Å². The van der Waals surface area contributed by atoms with Gasteiger partial charge in [0.1, 0.15) is 0 Å². The molecular formula is C11H12ClFO3. The molecule has 0 saturated heterocycles. The molecule has 0 heterocycles. The second kappa shape index (κ2) is 5.16. The number of methoxy groups -OCH3 is 1. The largest absolute Gasteiger partial charge is 0.486 e. The van der Waals surface area contributed by atoms with Crippen molar-refractivity contribution in [2.45, 2.75) is 20.0 Å². The summed E-state index contributed by atoms with van der Waals surface area (Å²) in [5.41, 5.74) is 0.0566. The molecule has 0 aromatic heterocycles. The van der Waals surface area contributed by atoms with Gasteiger partial charge in [0.25, 0.3) is 0 Å². The maximum atomic E-state index is 13.6. The van der Waals surface area contributed by atoms with E-state index in [9.17, 15) is 9.18 Å². The van der Waals surface area contributed by atoms with Gasteiger partial charge in [-0.3, -0.25) is 0 Å². The zero-order valence-corrected chi connectivity index (χ0v) is 9.97. The molecule has 0 amide bonds. The average molecular weight is 247 g/mol. The molecular weight excluding hydrogens is 235 g/mol. The Morgan fingerprint density at radius 2 is 2.06 bits per heavy atom. The summed E-state index contributed by atoms with van der Waals surface area (Å²) in [6, 6.07) is 2.35. The molecule has 88 valence electrons. The molecule has 1 rings (SSSR count). The second-order valence-corrected chi connectivity index (χ2v) is 3.83. The van der Waals surface area contributed by atoms with Crippen LogP contribution in [-0.2, 0) is 4.74 Å². The van der Waals surface area contributed by atoms with Crippen LogP contribution in [0.1, 0.15) is 24.2 Å². The van der Waals surface area contributed by atoms with Gasteiger partial charge in [0.05, 0.1) is 23.8 Å². The third kappa shape index (κ3) is 2.85. The highest BCUT2D eigenvalue weighted by Crippen LogP contribution is 2.30. The van der Waals surface area contributed by atoms with Gasteiger partial charge in [0.15, 0.2) is 11.6 Å². The van der Waals surface area contributed by atoms with Crippen LogP contribution >= 0.6 is 11.6 Å². The van der Waals surface area contributed by atoms with Gasteiger partial charge in [0, 0.05) is 0 Å². The van der Waals surface area contributed by atoms with E-state index in [-0.39, 0.29) is 22.4 Å². The van der Waals surface area contributed by atoms with E-state index in [4.69, 9.17) is 16.3 Å². The van der Waals surface area contributed by atoms with Crippen LogP contribution in [0.2, 0.25) is 5.02 Å². The summed E-state index contributed by atoms with van der Waals surface area (Å²) in [6.45, 7) is 3.51. The van der Waals surface area contributed by atoms with E-state index in [0.29, 0.717) is 0 Å². The van der Waals surface area contributed by atoms with E-state index in [0.717, 1.165) is 6.07 Å². The number of benzene rings is 1. The fourth-order valence-corrected chi connectivity index (χ4v) is 1.40. The molecule has 0 atom stereocenters. The number of esters is 1. The summed E-state index contributed by atoms with van der Waals surface area (Å²) < 4.78 is 23.2. The average Bonchev–Trinajstić information content (AvgIpc) is 2.21. The molecule has 0 aliphatic carbocycles. The third-order valence-electron chi connectivity index (χ3n) is 1.77. The summed E-state index contributed by atoms with van der Waals surface area (Å²) in [6.07, 6.45) is -0.198. The predicted octanol–water partition coefficient (Wildman–Crippen LogP) is 3.05. The summed E-state index contributed by atoms with van der Waals surface area (Å²) in [7, 11) is 1.21. The zero-order chi connectivity index (χ0) is 12.3. The van der Waals surface area contributed by atoms with Crippen molar-refractivity contribution in [1.29, 1.82) is 0 Å². The first-order chi connectivity index (χ1) is 7.45. The van der Waals surface area contributed by atoms with Crippen molar-refractivity contribution in [1.82, 2.24) is 0 Å². The smallest absolute Gasteiger partial charge is 0.338 e. The molecule has 0 radical (unpaired) electrons. The Morgan fingerprint density at radius 1 is 1.44 bits per heavy atom. The zero-order valence-electron chi connectivity index (χ0n) is 9.21. The minimum absolute atomic E-state index is 0.0501. The van der Waals surface area contributed by atoms with Crippen molar-refractivity contribution in [3.63, 3.8) is 0 Å². The van der Waals surface area contributed by atoms with Crippen molar-refractivity contribution >= 4 is 17.6 Å². The van der Waals surface area contributed by atoms with Crippen LogP contribution in [0.4, 0.5) is 4.39 Å². The minimum atomic E-state index is -0.679. The van der Waals surface area contributed by atoms with Crippen LogP contribution in [0.3, 0.4) is 0 Å². The fourth-order valence-electron chi connectivity index (χ4n) is 1.14. The van der Waals surface area contributed by atoms with Gasteiger partial charge in [0.2, 0.25) is 0 Å². The monoisotopic (exact) mass is 246 g/mol. The standard InChI is InChI=1S/C11H12ClFO3/c1-6(2)16-10-8(12)4-7(5-9(10)13)11(14)15-3/h4-6H,1-3H3. The van der Waals surface area contributed by atoms with Gasteiger partial charge in [-0.05, 0) is 26.0 Å².